The smallest absolute Gasteiger partial charge is 0.349 e. The second-order valence-corrected chi connectivity index (χ2v) is 6.95. The minimum absolute atomic E-state index is 0.0280. The van der Waals surface area contributed by atoms with Gasteiger partial charge < -0.3 is 9.80 Å². The molecule has 2 aliphatic rings. The summed E-state index contributed by atoms with van der Waals surface area (Å²) in [4.78, 5) is 32.2. The highest BCUT2D eigenvalue weighted by molar-refractivity contribution is 6.00. The number of anilines is 1. The number of carbonyl (C=O) groups is 2. The molecule has 1 atom stereocenters. The molecule has 27 heavy (non-hydrogen) atoms. The topological polar surface area (TPSA) is 53.5 Å². The molecule has 3 heterocycles. The maximum absolute atomic E-state index is 13.1. The van der Waals surface area contributed by atoms with Gasteiger partial charge in [-0.1, -0.05) is 19.4 Å². The zero-order chi connectivity index (χ0) is 19.6. The Bertz CT molecular complexity index is 748. The summed E-state index contributed by atoms with van der Waals surface area (Å²) in [6.07, 6.45) is 0.862. The molecule has 146 valence electrons. The van der Waals surface area contributed by atoms with Crippen LogP contribution in [0, 0.1) is 0 Å². The fraction of sp³-hybridized carbons (Fsp3) is 0.526. The van der Waals surface area contributed by atoms with Gasteiger partial charge in [0.25, 0.3) is 0 Å². The van der Waals surface area contributed by atoms with Crippen molar-refractivity contribution in [2.24, 2.45) is 0 Å². The van der Waals surface area contributed by atoms with Crippen LogP contribution in [0.15, 0.2) is 24.9 Å². The predicted molar refractivity (Wildman–Crippen MR) is 94.6 cm³/mol. The van der Waals surface area contributed by atoms with Gasteiger partial charge in [-0.3, -0.25) is 9.59 Å². The monoisotopic (exact) mass is 381 g/mol. The van der Waals surface area contributed by atoms with Crippen LogP contribution in [0.25, 0.3) is 0 Å². The standard InChI is InChI=1S/C19H22F3N3O2/c1-2-17(27)24-8-9-25-14(12-24)6-4-3-5-7-16(26)15-10-13(19(20,21)22)11-23-18(15)25/h2,10-11,14H,1,3-9,12H2. The second kappa shape index (κ2) is 7.70. The Balaban J connectivity index is 2.00. The summed E-state index contributed by atoms with van der Waals surface area (Å²) in [6.45, 7) is 4.79. The summed E-state index contributed by atoms with van der Waals surface area (Å²) >= 11 is 0. The average molecular weight is 381 g/mol. The molecule has 2 aliphatic heterocycles. The molecule has 8 heteroatoms. The number of hydrogen-bond donors (Lipinski definition) is 0. The van der Waals surface area contributed by atoms with Gasteiger partial charge in [0.05, 0.1) is 11.1 Å². The Morgan fingerprint density at radius 2 is 2.04 bits per heavy atom. The van der Waals surface area contributed by atoms with Gasteiger partial charge in [-0.2, -0.15) is 13.2 Å². The summed E-state index contributed by atoms with van der Waals surface area (Å²) in [7, 11) is 0. The lowest BCUT2D eigenvalue weighted by molar-refractivity contribution is -0.137. The summed E-state index contributed by atoms with van der Waals surface area (Å²) in [5.74, 6) is -0.178. The third-order valence-corrected chi connectivity index (χ3v) is 5.18. The predicted octanol–water partition coefficient (Wildman–Crippen LogP) is 3.45. The number of fused-ring (bicyclic) bond motifs is 3. The lowest BCUT2D eigenvalue weighted by Crippen LogP contribution is -2.55. The van der Waals surface area contributed by atoms with Crippen LogP contribution in [0.5, 0.6) is 0 Å². The number of pyridine rings is 1. The third kappa shape index (κ3) is 4.14. The van der Waals surface area contributed by atoms with E-state index >= 15 is 0 Å². The van der Waals surface area contributed by atoms with Crippen LogP contribution >= 0.6 is 0 Å². The number of nitrogens with zero attached hydrogens (tertiary/aromatic N) is 3. The number of carbonyl (C=O) groups excluding carboxylic acids is 2. The van der Waals surface area contributed by atoms with E-state index < -0.39 is 11.7 Å². The van der Waals surface area contributed by atoms with Crippen molar-refractivity contribution in [2.75, 3.05) is 24.5 Å². The van der Waals surface area contributed by atoms with E-state index in [2.05, 4.69) is 11.6 Å². The van der Waals surface area contributed by atoms with Gasteiger partial charge in [0.1, 0.15) is 5.82 Å². The molecule has 0 bridgehead atoms. The molecule has 0 saturated carbocycles. The van der Waals surface area contributed by atoms with E-state index in [1.54, 1.807) is 4.90 Å². The molecule has 0 spiro atoms. The van der Waals surface area contributed by atoms with Crippen molar-refractivity contribution < 1.29 is 22.8 Å². The number of rotatable bonds is 1. The lowest BCUT2D eigenvalue weighted by Gasteiger charge is -2.43. The van der Waals surface area contributed by atoms with Crippen molar-refractivity contribution in [1.29, 1.82) is 0 Å². The van der Waals surface area contributed by atoms with Crippen LogP contribution in [-0.4, -0.2) is 47.3 Å². The van der Waals surface area contributed by atoms with Gasteiger partial charge in [-0.05, 0) is 25.0 Å². The summed E-state index contributed by atoms with van der Waals surface area (Å²) in [5, 5.41) is 0. The number of hydrogen-bond acceptors (Lipinski definition) is 4. The van der Waals surface area contributed by atoms with E-state index in [-0.39, 0.29) is 29.7 Å². The molecule has 1 fully saturated rings. The van der Waals surface area contributed by atoms with Crippen LogP contribution in [-0.2, 0) is 11.0 Å². The van der Waals surface area contributed by atoms with Crippen molar-refractivity contribution in [1.82, 2.24) is 9.88 Å². The molecular weight excluding hydrogens is 359 g/mol. The fourth-order valence-electron chi connectivity index (χ4n) is 3.73. The number of piperazine rings is 1. The molecule has 1 aromatic heterocycles. The van der Waals surface area contributed by atoms with E-state index in [9.17, 15) is 22.8 Å². The second-order valence-electron chi connectivity index (χ2n) is 6.95. The van der Waals surface area contributed by atoms with E-state index in [1.807, 2.05) is 4.90 Å². The SMILES string of the molecule is C=CC(=O)N1CCN2c3ncc(C(F)(F)F)cc3C(=O)CCCCCC2C1. The third-order valence-electron chi connectivity index (χ3n) is 5.18. The molecule has 5 nitrogen and oxygen atoms in total. The van der Waals surface area contributed by atoms with Gasteiger partial charge in [0, 0.05) is 38.3 Å². The molecule has 1 aromatic rings. The van der Waals surface area contributed by atoms with Crippen LogP contribution in [0.1, 0.15) is 48.0 Å². The molecule has 1 amide bonds. The number of aromatic nitrogens is 1. The zero-order valence-corrected chi connectivity index (χ0v) is 15.0. The maximum atomic E-state index is 13.1. The quantitative estimate of drug-likeness (QED) is 0.700. The number of alkyl halides is 3. The van der Waals surface area contributed by atoms with Crippen molar-refractivity contribution in [3.63, 3.8) is 0 Å². The summed E-state index contributed by atoms with van der Waals surface area (Å²) in [6, 6.07) is 0.835. The Labute approximate surface area is 155 Å². The molecule has 0 aromatic carbocycles. The molecular formula is C19H22F3N3O2. The first-order valence-electron chi connectivity index (χ1n) is 9.09. The number of amides is 1. The van der Waals surface area contributed by atoms with E-state index in [4.69, 9.17) is 0 Å². The van der Waals surface area contributed by atoms with Crippen molar-refractivity contribution in [3.8, 4) is 0 Å². The highest BCUT2D eigenvalue weighted by Gasteiger charge is 2.36. The van der Waals surface area contributed by atoms with Gasteiger partial charge in [0.15, 0.2) is 5.78 Å². The maximum Gasteiger partial charge on any atom is 0.417 e. The van der Waals surface area contributed by atoms with Crippen molar-refractivity contribution in [2.45, 2.75) is 44.3 Å². The molecule has 3 rings (SSSR count). The Kier molecular flexibility index (Phi) is 5.53. The van der Waals surface area contributed by atoms with Gasteiger partial charge >= 0.3 is 6.18 Å². The Hall–Kier alpha value is -2.38. The number of ketones is 1. The van der Waals surface area contributed by atoms with Gasteiger partial charge in [-0.15, -0.1) is 0 Å². The molecule has 0 N–H and O–H groups in total. The highest BCUT2D eigenvalue weighted by atomic mass is 19.4. The zero-order valence-electron chi connectivity index (χ0n) is 15.0. The van der Waals surface area contributed by atoms with E-state index in [0.29, 0.717) is 31.9 Å². The first-order chi connectivity index (χ1) is 12.8. The largest absolute Gasteiger partial charge is 0.417 e. The highest BCUT2D eigenvalue weighted by Crippen LogP contribution is 2.34. The molecule has 1 saturated heterocycles. The van der Waals surface area contributed by atoms with Crippen molar-refractivity contribution in [3.05, 3.63) is 36.0 Å². The Morgan fingerprint density at radius 3 is 2.74 bits per heavy atom. The van der Waals surface area contributed by atoms with Crippen LogP contribution in [0.2, 0.25) is 0 Å². The summed E-state index contributed by atoms with van der Waals surface area (Å²) in [5.41, 5.74) is -0.885. The number of Topliss-reactive ketones (excluding diaryl/α,β-unsaturated/α-hetero) is 1. The molecule has 0 aliphatic carbocycles. The van der Waals surface area contributed by atoms with Crippen LogP contribution in [0.3, 0.4) is 0 Å². The lowest BCUT2D eigenvalue weighted by atomic mass is 9.96. The van der Waals surface area contributed by atoms with Gasteiger partial charge in [0.2, 0.25) is 5.91 Å². The summed E-state index contributed by atoms with van der Waals surface area (Å²) < 4.78 is 39.3. The Morgan fingerprint density at radius 1 is 1.26 bits per heavy atom. The number of halogens is 3. The van der Waals surface area contributed by atoms with Crippen LogP contribution < -0.4 is 4.90 Å². The normalized spacial score (nSPS) is 21.3. The minimum Gasteiger partial charge on any atom is -0.349 e. The molecule has 1 unspecified atom stereocenters. The van der Waals surface area contributed by atoms with Crippen LogP contribution in [0.4, 0.5) is 19.0 Å². The fourth-order valence-corrected chi connectivity index (χ4v) is 3.73. The van der Waals surface area contributed by atoms with Crippen molar-refractivity contribution >= 4 is 17.5 Å². The van der Waals surface area contributed by atoms with E-state index in [0.717, 1.165) is 31.5 Å². The molecule has 0 radical (unpaired) electrons. The average Bonchev–Trinajstić information content (AvgIpc) is 2.65. The minimum atomic E-state index is -4.55. The van der Waals surface area contributed by atoms with Gasteiger partial charge in [-0.25, -0.2) is 4.98 Å². The first-order valence-corrected chi connectivity index (χ1v) is 9.09. The van der Waals surface area contributed by atoms with E-state index in [1.165, 1.54) is 6.08 Å². The first kappa shape index (κ1) is 19.4.